The van der Waals surface area contributed by atoms with E-state index in [0.29, 0.717) is 6.04 Å². The van der Waals surface area contributed by atoms with Crippen LogP contribution in [0, 0.1) is 23.7 Å². The Morgan fingerprint density at radius 3 is 2.67 bits per heavy atom. The van der Waals surface area contributed by atoms with E-state index < -0.39 is 0 Å². The lowest BCUT2D eigenvalue weighted by Gasteiger charge is -2.20. The molecule has 1 saturated carbocycles. The molecule has 2 unspecified atom stereocenters. The van der Waals surface area contributed by atoms with Crippen LogP contribution in [0.4, 0.5) is 0 Å². The van der Waals surface area contributed by atoms with Gasteiger partial charge in [0.1, 0.15) is 0 Å². The van der Waals surface area contributed by atoms with Crippen molar-refractivity contribution in [1.82, 2.24) is 5.32 Å². The van der Waals surface area contributed by atoms with Crippen LogP contribution in [0.3, 0.4) is 0 Å². The highest BCUT2D eigenvalue weighted by Crippen LogP contribution is 2.34. The summed E-state index contributed by atoms with van der Waals surface area (Å²) in [5.74, 6) is 8.02. The molecule has 0 amide bonds. The van der Waals surface area contributed by atoms with Crippen molar-refractivity contribution < 1.29 is 0 Å². The summed E-state index contributed by atoms with van der Waals surface area (Å²) >= 11 is 0. The van der Waals surface area contributed by atoms with Crippen molar-refractivity contribution in [1.29, 1.82) is 0 Å². The van der Waals surface area contributed by atoms with Gasteiger partial charge in [-0.05, 0) is 38.1 Å². The smallest absolute Gasteiger partial charge is 0.00913 e. The Morgan fingerprint density at radius 2 is 2.00 bits per heavy atom. The first-order valence-corrected chi connectivity index (χ1v) is 6.37. The molecule has 1 rings (SSSR count). The first-order chi connectivity index (χ1) is 7.24. The largest absolute Gasteiger partial charge is 0.314 e. The Kier molecular flexibility index (Phi) is 5.79. The van der Waals surface area contributed by atoms with E-state index in [1.54, 1.807) is 0 Å². The summed E-state index contributed by atoms with van der Waals surface area (Å²) in [6.07, 6.45) is 6.68. The predicted molar refractivity (Wildman–Crippen MR) is 66.7 cm³/mol. The van der Waals surface area contributed by atoms with Crippen LogP contribution >= 0.6 is 0 Å². The molecule has 15 heavy (non-hydrogen) atoms. The van der Waals surface area contributed by atoms with Crippen molar-refractivity contribution in [3.8, 4) is 11.8 Å². The molecule has 0 radical (unpaired) electrons. The second-order valence-electron chi connectivity index (χ2n) is 4.98. The summed E-state index contributed by atoms with van der Waals surface area (Å²) in [5, 5.41) is 3.57. The fourth-order valence-corrected chi connectivity index (χ4v) is 2.53. The van der Waals surface area contributed by atoms with Gasteiger partial charge in [-0.25, -0.2) is 0 Å². The Hall–Kier alpha value is -0.480. The van der Waals surface area contributed by atoms with Gasteiger partial charge in [0.2, 0.25) is 0 Å². The minimum atomic E-state index is 0.627. The average Bonchev–Trinajstić information content (AvgIpc) is 2.63. The maximum atomic E-state index is 3.57. The molecule has 0 aliphatic heterocycles. The molecule has 0 aromatic heterocycles. The van der Waals surface area contributed by atoms with E-state index in [1.165, 1.54) is 32.2 Å². The van der Waals surface area contributed by atoms with Crippen LogP contribution in [0.15, 0.2) is 0 Å². The number of rotatable bonds is 5. The maximum Gasteiger partial charge on any atom is 0.00913 e. The molecule has 2 atom stereocenters. The van der Waals surface area contributed by atoms with E-state index in [4.69, 9.17) is 0 Å². The highest BCUT2D eigenvalue weighted by molar-refractivity contribution is 4.95. The summed E-state index contributed by atoms with van der Waals surface area (Å²) in [5.41, 5.74) is 0. The summed E-state index contributed by atoms with van der Waals surface area (Å²) in [4.78, 5) is 0. The third-order valence-electron chi connectivity index (χ3n) is 3.42. The van der Waals surface area contributed by atoms with Crippen molar-refractivity contribution in [3.63, 3.8) is 0 Å². The van der Waals surface area contributed by atoms with Crippen molar-refractivity contribution in [2.45, 2.75) is 58.9 Å². The molecule has 0 bridgehead atoms. The van der Waals surface area contributed by atoms with Gasteiger partial charge in [-0.2, -0.15) is 0 Å². The molecule has 1 aliphatic carbocycles. The molecule has 1 fully saturated rings. The van der Waals surface area contributed by atoms with Crippen LogP contribution in [-0.4, -0.2) is 12.6 Å². The van der Waals surface area contributed by atoms with Crippen LogP contribution in [0.2, 0.25) is 0 Å². The normalized spacial score (nSPS) is 25.3. The van der Waals surface area contributed by atoms with Gasteiger partial charge in [0.05, 0.1) is 0 Å². The zero-order valence-corrected chi connectivity index (χ0v) is 10.5. The molecule has 0 heterocycles. The molecule has 1 N–H and O–H groups in total. The van der Waals surface area contributed by atoms with Gasteiger partial charge in [0, 0.05) is 12.5 Å². The van der Waals surface area contributed by atoms with Gasteiger partial charge in [-0.1, -0.05) is 26.7 Å². The Labute approximate surface area is 95.0 Å². The van der Waals surface area contributed by atoms with Gasteiger partial charge in [-0.3, -0.25) is 0 Å². The minimum Gasteiger partial charge on any atom is -0.314 e. The molecule has 1 aliphatic rings. The third-order valence-corrected chi connectivity index (χ3v) is 3.42. The quantitative estimate of drug-likeness (QED) is 0.683. The molecule has 0 aromatic carbocycles. The van der Waals surface area contributed by atoms with E-state index in [-0.39, 0.29) is 0 Å². The summed E-state index contributed by atoms with van der Waals surface area (Å²) in [6.45, 7) is 7.60. The van der Waals surface area contributed by atoms with Crippen molar-refractivity contribution >= 4 is 0 Å². The lowest BCUT2D eigenvalue weighted by molar-refractivity contribution is 0.341. The van der Waals surface area contributed by atoms with Gasteiger partial charge in [0.25, 0.3) is 0 Å². The fraction of sp³-hybridized carbons (Fsp3) is 0.857. The first-order valence-electron chi connectivity index (χ1n) is 6.37. The van der Waals surface area contributed by atoms with Crippen molar-refractivity contribution in [3.05, 3.63) is 0 Å². The summed E-state index contributed by atoms with van der Waals surface area (Å²) < 4.78 is 0. The minimum absolute atomic E-state index is 0.627. The molecule has 1 nitrogen and oxygen atoms in total. The number of hydrogen-bond acceptors (Lipinski definition) is 1. The van der Waals surface area contributed by atoms with E-state index in [0.717, 1.165) is 18.3 Å². The SMILES string of the molecule is CC#CCCC1CCCC1CNC(C)C. The van der Waals surface area contributed by atoms with Gasteiger partial charge in [0.15, 0.2) is 0 Å². The standard InChI is InChI=1S/C14H25N/c1-4-5-6-8-13-9-7-10-14(13)11-15-12(2)3/h12-15H,6-11H2,1-3H3. The fourth-order valence-electron chi connectivity index (χ4n) is 2.53. The van der Waals surface area contributed by atoms with E-state index in [1.807, 2.05) is 6.92 Å². The molecular formula is C14H25N. The maximum absolute atomic E-state index is 3.57. The predicted octanol–water partition coefficient (Wildman–Crippen LogP) is 3.20. The lowest BCUT2D eigenvalue weighted by Crippen LogP contribution is -2.30. The van der Waals surface area contributed by atoms with Crippen molar-refractivity contribution in [2.75, 3.05) is 6.54 Å². The van der Waals surface area contributed by atoms with Crippen LogP contribution < -0.4 is 5.32 Å². The highest BCUT2D eigenvalue weighted by atomic mass is 14.9. The highest BCUT2D eigenvalue weighted by Gasteiger charge is 2.26. The average molecular weight is 207 g/mol. The second kappa shape index (κ2) is 6.90. The monoisotopic (exact) mass is 207 g/mol. The lowest BCUT2D eigenvalue weighted by atomic mass is 9.91. The van der Waals surface area contributed by atoms with Gasteiger partial charge >= 0.3 is 0 Å². The Morgan fingerprint density at radius 1 is 1.27 bits per heavy atom. The van der Waals surface area contributed by atoms with Crippen LogP contribution in [0.5, 0.6) is 0 Å². The number of nitrogens with one attached hydrogen (secondary N) is 1. The molecule has 0 spiro atoms. The number of hydrogen-bond donors (Lipinski definition) is 1. The summed E-state index contributed by atoms with van der Waals surface area (Å²) in [6, 6.07) is 0.627. The molecule has 0 aromatic rings. The Balaban J connectivity index is 2.25. The van der Waals surface area contributed by atoms with E-state index >= 15 is 0 Å². The van der Waals surface area contributed by atoms with Crippen LogP contribution in [0.25, 0.3) is 0 Å². The van der Waals surface area contributed by atoms with Gasteiger partial charge in [-0.15, -0.1) is 11.8 Å². The second-order valence-corrected chi connectivity index (χ2v) is 4.98. The third kappa shape index (κ3) is 4.71. The summed E-state index contributed by atoms with van der Waals surface area (Å²) in [7, 11) is 0. The molecule has 0 saturated heterocycles. The van der Waals surface area contributed by atoms with Gasteiger partial charge < -0.3 is 5.32 Å². The van der Waals surface area contributed by atoms with E-state index in [9.17, 15) is 0 Å². The zero-order chi connectivity index (χ0) is 11.1. The first kappa shape index (κ1) is 12.6. The molecule has 86 valence electrons. The van der Waals surface area contributed by atoms with Crippen LogP contribution in [0.1, 0.15) is 52.9 Å². The van der Waals surface area contributed by atoms with Crippen LogP contribution in [-0.2, 0) is 0 Å². The van der Waals surface area contributed by atoms with Crippen molar-refractivity contribution in [2.24, 2.45) is 11.8 Å². The topological polar surface area (TPSA) is 12.0 Å². The zero-order valence-electron chi connectivity index (χ0n) is 10.5. The molecule has 1 heteroatoms. The molecular weight excluding hydrogens is 182 g/mol. The Bertz CT molecular complexity index is 221. The van der Waals surface area contributed by atoms with E-state index in [2.05, 4.69) is 31.0 Å².